The van der Waals surface area contributed by atoms with Crippen molar-refractivity contribution in [3.05, 3.63) is 23.2 Å². The molecule has 2 aliphatic rings. The van der Waals surface area contributed by atoms with Gasteiger partial charge in [0.15, 0.2) is 5.96 Å². The van der Waals surface area contributed by atoms with E-state index in [1.807, 2.05) is 20.9 Å². The van der Waals surface area contributed by atoms with Crippen molar-refractivity contribution in [3.63, 3.8) is 0 Å². The highest BCUT2D eigenvalue weighted by Gasteiger charge is 2.27. The van der Waals surface area contributed by atoms with Gasteiger partial charge < -0.3 is 19.5 Å². The summed E-state index contributed by atoms with van der Waals surface area (Å²) in [6.45, 7) is 10.9. The van der Waals surface area contributed by atoms with Crippen LogP contribution in [0.3, 0.4) is 0 Å². The van der Waals surface area contributed by atoms with Crippen LogP contribution in [0.5, 0.6) is 0 Å². The van der Waals surface area contributed by atoms with Crippen molar-refractivity contribution in [1.29, 1.82) is 0 Å². The van der Waals surface area contributed by atoms with Crippen molar-refractivity contribution in [1.82, 2.24) is 15.1 Å². The fourth-order valence-corrected chi connectivity index (χ4v) is 4.05. The lowest BCUT2D eigenvalue weighted by Gasteiger charge is -2.29. The van der Waals surface area contributed by atoms with E-state index in [0.717, 1.165) is 43.0 Å². The maximum Gasteiger partial charge on any atom is 0.193 e. The number of furan rings is 1. The molecule has 1 aromatic rings. The quantitative estimate of drug-likeness (QED) is 0.425. The van der Waals surface area contributed by atoms with E-state index in [2.05, 4.69) is 26.2 Å². The molecule has 25 heavy (non-hydrogen) atoms. The molecule has 0 radical (unpaired) electrons. The fourth-order valence-electron chi connectivity index (χ4n) is 4.05. The van der Waals surface area contributed by atoms with E-state index in [4.69, 9.17) is 4.42 Å². The second-order valence-electron chi connectivity index (χ2n) is 7.30. The molecular formula is C19H33IN4O. The van der Waals surface area contributed by atoms with Crippen LogP contribution < -0.4 is 5.32 Å². The molecule has 142 valence electrons. The molecule has 0 aliphatic carbocycles. The monoisotopic (exact) mass is 460 g/mol. The molecular weight excluding hydrogens is 427 g/mol. The first kappa shape index (κ1) is 20.6. The summed E-state index contributed by atoms with van der Waals surface area (Å²) in [5, 5.41) is 3.51. The molecule has 0 aromatic carbocycles. The van der Waals surface area contributed by atoms with Gasteiger partial charge in [-0.05, 0) is 58.2 Å². The van der Waals surface area contributed by atoms with Gasteiger partial charge >= 0.3 is 0 Å². The lowest BCUT2D eigenvalue weighted by Crippen LogP contribution is -2.41. The van der Waals surface area contributed by atoms with Crippen LogP contribution in [-0.4, -0.2) is 55.5 Å². The number of nitrogens with one attached hydrogen (secondary N) is 1. The Labute approximate surface area is 169 Å². The van der Waals surface area contributed by atoms with Gasteiger partial charge in [0.2, 0.25) is 0 Å². The van der Waals surface area contributed by atoms with Gasteiger partial charge in [0.25, 0.3) is 0 Å². The van der Waals surface area contributed by atoms with Gasteiger partial charge in [-0.3, -0.25) is 4.99 Å². The molecule has 1 aromatic heterocycles. The molecule has 0 amide bonds. The van der Waals surface area contributed by atoms with E-state index in [9.17, 15) is 0 Å². The summed E-state index contributed by atoms with van der Waals surface area (Å²) in [4.78, 5) is 9.56. The average Bonchev–Trinajstić information content (AvgIpc) is 3.16. The number of rotatable bonds is 4. The number of piperidine rings is 1. The predicted molar refractivity (Wildman–Crippen MR) is 114 cm³/mol. The molecule has 1 N–H and O–H groups in total. The zero-order valence-corrected chi connectivity index (χ0v) is 18.2. The molecule has 2 aliphatic heterocycles. The second kappa shape index (κ2) is 9.80. The molecule has 1 unspecified atom stereocenters. The van der Waals surface area contributed by atoms with E-state index in [1.54, 1.807) is 0 Å². The zero-order chi connectivity index (χ0) is 16.9. The number of aryl methyl sites for hydroxylation is 2. The van der Waals surface area contributed by atoms with Crippen LogP contribution in [-0.2, 0) is 6.54 Å². The number of aliphatic imine (C=N–C) groups is 1. The minimum atomic E-state index is 0. The molecule has 3 rings (SSSR count). The Hall–Kier alpha value is -0.760. The Morgan fingerprint density at radius 2 is 2.00 bits per heavy atom. The first-order valence-electron chi connectivity index (χ1n) is 9.39. The van der Waals surface area contributed by atoms with Gasteiger partial charge in [0.1, 0.15) is 11.5 Å². The molecule has 6 heteroatoms. The Morgan fingerprint density at radius 1 is 1.24 bits per heavy atom. The van der Waals surface area contributed by atoms with E-state index >= 15 is 0 Å². The van der Waals surface area contributed by atoms with Crippen molar-refractivity contribution < 1.29 is 4.42 Å². The number of hydrogen-bond donors (Lipinski definition) is 1. The van der Waals surface area contributed by atoms with Crippen molar-refractivity contribution in [2.75, 3.05) is 39.8 Å². The van der Waals surface area contributed by atoms with Gasteiger partial charge in [-0.15, -0.1) is 24.0 Å². The predicted octanol–water partition coefficient (Wildman–Crippen LogP) is 3.40. The molecule has 3 heterocycles. The zero-order valence-electron chi connectivity index (χ0n) is 15.9. The third-order valence-electron chi connectivity index (χ3n) is 5.34. The van der Waals surface area contributed by atoms with Crippen molar-refractivity contribution in [2.45, 2.75) is 46.1 Å². The van der Waals surface area contributed by atoms with E-state index in [0.29, 0.717) is 0 Å². The Balaban J connectivity index is 0.00000225. The Morgan fingerprint density at radius 3 is 2.64 bits per heavy atom. The molecule has 1 atom stereocenters. The van der Waals surface area contributed by atoms with Gasteiger partial charge in [-0.1, -0.05) is 6.42 Å². The van der Waals surface area contributed by atoms with Crippen LogP contribution in [0.2, 0.25) is 0 Å². The van der Waals surface area contributed by atoms with Crippen molar-refractivity contribution in [2.24, 2.45) is 10.9 Å². The highest BCUT2D eigenvalue weighted by Crippen LogP contribution is 2.20. The SMILES string of the molecule is CN=C(NCc1cc(C)oc1C)N1CCC(CN2CCCCC2)C1.I. The summed E-state index contributed by atoms with van der Waals surface area (Å²) in [5.41, 5.74) is 1.22. The number of halogens is 1. The molecule has 5 nitrogen and oxygen atoms in total. The largest absolute Gasteiger partial charge is 0.466 e. The first-order chi connectivity index (χ1) is 11.7. The standard InChI is InChI=1S/C19H32N4O.HI/c1-15-11-18(16(2)24-15)12-21-19(20-3)23-10-7-17(14-23)13-22-8-5-4-6-9-22;/h11,17H,4-10,12-14H2,1-3H3,(H,20,21);1H. The maximum absolute atomic E-state index is 5.61. The number of guanidine groups is 1. The molecule has 0 spiro atoms. The summed E-state index contributed by atoms with van der Waals surface area (Å²) >= 11 is 0. The number of likely N-dealkylation sites (tertiary alicyclic amines) is 2. The van der Waals surface area contributed by atoms with Crippen LogP contribution in [0.1, 0.15) is 42.8 Å². The molecule has 2 fully saturated rings. The minimum Gasteiger partial charge on any atom is -0.466 e. The van der Waals surface area contributed by atoms with E-state index < -0.39 is 0 Å². The van der Waals surface area contributed by atoms with E-state index in [-0.39, 0.29) is 24.0 Å². The van der Waals surface area contributed by atoms with Crippen molar-refractivity contribution >= 4 is 29.9 Å². The highest BCUT2D eigenvalue weighted by molar-refractivity contribution is 14.0. The van der Waals surface area contributed by atoms with Crippen LogP contribution >= 0.6 is 24.0 Å². The highest BCUT2D eigenvalue weighted by atomic mass is 127. The van der Waals surface area contributed by atoms with Crippen LogP contribution in [0.4, 0.5) is 0 Å². The normalized spacial score (nSPS) is 22.1. The van der Waals surface area contributed by atoms with Gasteiger partial charge in [0, 0.05) is 38.8 Å². The number of hydrogen-bond acceptors (Lipinski definition) is 3. The van der Waals surface area contributed by atoms with Gasteiger partial charge in [-0.2, -0.15) is 0 Å². The summed E-state index contributed by atoms with van der Waals surface area (Å²) < 4.78 is 5.61. The van der Waals surface area contributed by atoms with Crippen LogP contribution in [0, 0.1) is 19.8 Å². The number of nitrogens with zero attached hydrogens (tertiary/aromatic N) is 3. The molecule has 0 saturated carbocycles. The topological polar surface area (TPSA) is 44.0 Å². The third kappa shape index (κ3) is 5.61. The summed E-state index contributed by atoms with van der Waals surface area (Å²) in [5.74, 6) is 3.77. The average molecular weight is 460 g/mol. The van der Waals surface area contributed by atoms with Crippen LogP contribution in [0.25, 0.3) is 0 Å². The third-order valence-corrected chi connectivity index (χ3v) is 5.34. The maximum atomic E-state index is 5.61. The summed E-state index contributed by atoms with van der Waals surface area (Å²) in [6.07, 6.45) is 5.45. The van der Waals surface area contributed by atoms with Gasteiger partial charge in [0.05, 0.1) is 0 Å². The minimum absolute atomic E-state index is 0. The Bertz CT molecular complexity index is 566. The molecule has 2 saturated heterocycles. The summed E-state index contributed by atoms with van der Waals surface area (Å²) in [6, 6.07) is 2.11. The second-order valence-corrected chi connectivity index (χ2v) is 7.30. The smallest absolute Gasteiger partial charge is 0.193 e. The Kier molecular flexibility index (Phi) is 8.06. The van der Waals surface area contributed by atoms with Crippen molar-refractivity contribution in [3.8, 4) is 0 Å². The lowest BCUT2D eigenvalue weighted by molar-refractivity contribution is 0.198. The van der Waals surface area contributed by atoms with Crippen LogP contribution in [0.15, 0.2) is 15.5 Å². The molecule has 0 bridgehead atoms. The lowest BCUT2D eigenvalue weighted by atomic mass is 10.1. The fraction of sp³-hybridized carbons (Fsp3) is 0.737. The van der Waals surface area contributed by atoms with Gasteiger partial charge in [-0.25, -0.2) is 0 Å². The van der Waals surface area contributed by atoms with E-state index in [1.165, 1.54) is 50.9 Å². The first-order valence-corrected chi connectivity index (χ1v) is 9.39. The summed E-state index contributed by atoms with van der Waals surface area (Å²) in [7, 11) is 1.88.